The quantitative estimate of drug-likeness (QED) is 0.685. The molecule has 1 fully saturated rings. The summed E-state index contributed by atoms with van der Waals surface area (Å²) >= 11 is 7.56. The number of imide groups is 1. The van der Waals surface area contributed by atoms with E-state index in [0.29, 0.717) is 24.4 Å². The van der Waals surface area contributed by atoms with E-state index in [4.69, 9.17) is 16.3 Å². The van der Waals surface area contributed by atoms with E-state index in [2.05, 4.69) is 16.0 Å². The van der Waals surface area contributed by atoms with Crippen molar-refractivity contribution >= 4 is 47.0 Å². The summed E-state index contributed by atoms with van der Waals surface area (Å²) in [5.74, 6) is -0.574. The van der Waals surface area contributed by atoms with E-state index in [1.165, 1.54) is 11.8 Å². The van der Waals surface area contributed by atoms with E-state index in [-0.39, 0.29) is 23.3 Å². The van der Waals surface area contributed by atoms with Crippen LogP contribution in [-0.4, -0.2) is 41.7 Å². The summed E-state index contributed by atoms with van der Waals surface area (Å²) in [7, 11) is 0. The summed E-state index contributed by atoms with van der Waals surface area (Å²) in [5, 5.41) is 8.77. The van der Waals surface area contributed by atoms with Crippen LogP contribution in [0.4, 0.5) is 10.5 Å². The molecule has 1 aromatic carbocycles. The third-order valence-electron chi connectivity index (χ3n) is 4.74. The number of anilines is 1. The number of halogens is 1. The molecule has 3 atom stereocenters. The van der Waals surface area contributed by atoms with Gasteiger partial charge in [-0.25, -0.2) is 4.79 Å². The number of nitrogens with one attached hydrogen (secondary N) is 3. The highest BCUT2D eigenvalue weighted by Gasteiger charge is 2.37. The number of carbonyl (C=O) groups is 3. The third kappa shape index (κ3) is 4.91. The molecule has 152 valence electrons. The number of thioether (sulfide) groups is 1. The van der Waals surface area contributed by atoms with Crippen LogP contribution in [0, 0.1) is 5.92 Å². The first-order chi connectivity index (χ1) is 13.3. The van der Waals surface area contributed by atoms with Crippen molar-refractivity contribution in [3.05, 3.63) is 28.8 Å². The van der Waals surface area contributed by atoms with Crippen LogP contribution in [0.25, 0.3) is 0 Å². The Morgan fingerprint density at radius 1 is 1.25 bits per heavy atom. The van der Waals surface area contributed by atoms with Crippen LogP contribution in [0.5, 0.6) is 0 Å². The Balaban J connectivity index is 1.64. The lowest BCUT2D eigenvalue weighted by Crippen LogP contribution is -2.46. The predicted octanol–water partition coefficient (Wildman–Crippen LogP) is 3.10. The molecule has 0 radical (unpaired) electrons. The van der Waals surface area contributed by atoms with Crippen LogP contribution in [0.15, 0.2) is 18.2 Å². The molecule has 3 rings (SSSR count). The molecule has 0 aromatic heterocycles. The van der Waals surface area contributed by atoms with Gasteiger partial charge >= 0.3 is 6.09 Å². The average molecular weight is 426 g/mol. The summed E-state index contributed by atoms with van der Waals surface area (Å²) in [6, 6.07) is 5.45. The highest BCUT2D eigenvalue weighted by Crippen LogP contribution is 2.35. The van der Waals surface area contributed by atoms with Gasteiger partial charge in [0.15, 0.2) is 0 Å². The second kappa shape index (κ2) is 9.05. The fraction of sp³-hybridized carbons (Fsp3) is 0.526. The number of hydrogen-bond donors (Lipinski definition) is 3. The Kier molecular flexibility index (Phi) is 6.72. The fourth-order valence-electron chi connectivity index (χ4n) is 3.44. The van der Waals surface area contributed by atoms with E-state index in [0.717, 1.165) is 17.0 Å². The molecule has 2 aliphatic rings. The molecular weight excluding hydrogens is 402 g/mol. The van der Waals surface area contributed by atoms with Gasteiger partial charge in [-0.05, 0) is 50.1 Å². The molecule has 0 saturated carbocycles. The first-order valence-electron chi connectivity index (χ1n) is 9.32. The van der Waals surface area contributed by atoms with Crippen molar-refractivity contribution in [1.82, 2.24) is 10.6 Å². The summed E-state index contributed by atoms with van der Waals surface area (Å²) in [5.41, 5.74) is 1.77. The minimum atomic E-state index is -0.758. The zero-order valence-electron chi connectivity index (χ0n) is 15.8. The number of alkyl carbamates (subject to hydrolysis) is 1. The zero-order chi connectivity index (χ0) is 20.3. The van der Waals surface area contributed by atoms with Gasteiger partial charge in [-0.15, -0.1) is 11.8 Å². The van der Waals surface area contributed by atoms with Crippen molar-refractivity contribution in [1.29, 1.82) is 0 Å². The molecule has 0 bridgehead atoms. The second-order valence-electron chi connectivity index (χ2n) is 7.14. The number of ether oxygens (including phenoxy) is 1. The standard InChI is InChI=1S/C19H24ClN3O4S/c1-10(2)27-19(26)23-17(25)14-6-8-28-18(14)22-16(24)13-5-7-21-15-9-11(20)3-4-12(13)15/h3-4,9-10,13-14,18,21H,5-8H2,1-2H3,(H,22,24)(H,23,25,26). The molecule has 0 aliphatic carbocycles. The van der Waals surface area contributed by atoms with Crippen LogP contribution in [0.3, 0.4) is 0 Å². The first-order valence-corrected chi connectivity index (χ1v) is 10.7. The Bertz CT molecular complexity index is 774. The number of carbonyl (C=O) groups excluding carboxylic acids is 3. The van der Waals surface area contributed by atoms with Crippen molar-refractivity contribution in [2.45, 2.75) is 44.1 Å². The van der Waals surface area contributed by atoms with Crippen LogP contribution in [0.2, 0.25) is 5.02 Å². The largest absolute Gasteiger partial charge is 0.447 e. The van der Waals surface area contributed by atoms with E-state index in [9.17, 15) is 14.4 Å². The monoisotopic (exact) mass is 425 g/mol. The maximum atomic E-state index is 12.9. The Labute approximate surface area is 173 Å². The molecule has 3 unspecified atom stereocenters. The van der Waals surface area contributed by atoms with Crippen LogP contribution < -0.4 is 16.0 Å². The number of amides is 3. The predicted molar refractivity (Wildman–Crippen MR) is 110 cm³/mol. The van der Waals surface area contributed by atoms with Crippen molar-refractivity contribution < 1.29 is 19.1 Å². The molecule has 3 amide bonds. The minimum absolute atomic E-state index is 0.118. The number of rotatable bonds is 4. The van der Waals surface area contributed by atoms with Crippen molar-refractivity contribution in [3.8, 4) is 0 Å². The van der Waals surface area contributed by atoms with Crippen molar-refractivity contribution in [3.63, 3.8) is 0 Å². The van der Waals surface area contributed by atoms with Gasteiger partial charge in [-0.2, -0.15) is 0 Å². The van der Waals surface area contributed by atoms with E-state index in [1.807, 2.05) is 12.1 Å². The summed E-state index contributed by atoms with van der Waals surface area (Å²) in [4.78, 5) is 37.1. The highest BCUT2D eigenvalue weighted by molar-refractivity contribution is 8.00. The number of hydrogen-bond acceptors (Lipinski definition) is 6. The molecule has 0 spiro atoms. The third-order valence-corrected chi connectivity index (χ3v) is 6.25. The van der Waals surface area contributed by atoms with Gasteiger partial charge in [0.1, 0.15) is 0 Å². The molecule has 2 heterocycles. The van der Waals surface area contributed by atoms with Crippen molar-refractivity contribution in [2.24, 2.45) is 5.92 Å². The highest BCUT2D eigenvalue weighted by atomic mass is 35.5. The van der Waals surface area contributed by atoms with E-state index >= 15 is 0 Å². The minimum Gasteiger partial charge on any atom is -0.447 e. The second-order valence-corrected chi connectivity index (χ2v) is 8.82. The Morgan fingerprint density at radius 2 is 2.04 bits per heavy atom. The lowest BCUT2D eigenvalue weighted by molar-refractivity contribution is -0.126. The Morgan fingerprint density at radius 3 is 2.79 bits per heavy atom. The molecule has 9 heteroatoms. The van der Waals surface area contributed by atoms with Gasteiger partial charge in [-0.3, -0.25) is 14.9 Å². The molecule has 2 aliphatic heterocycles. The van der Waals surface area contributed by atoms with Crippen LogP contribution >= 0.6 is 23.4 Å². The zero-order valence-corrected chi connectivity index (χ0v) is 17.4. The lowest BCUT2D eigenvalue weighted by Gasteiger charge is -2.28. The van der Waals surface area contributed by atoms with E-state index < -0.39 is 17.9 Å². The average Bonchev–Trinajstić information content (AvgIpc) is 3.08. The molecule has 28 heavy (non-hydrogen) atoms. The van der Waals surface area contributed by atoms with Gasteiger partial charge in [0.25, 0.3) is 0 Å². The Hall–Kier alpha value is -1.93. The molecule has 1 aromatic rings. The number of fused-ring (bicyclic) bond motifs is 1. The molecular formula is C19H24ClN3O4S. The summed E-state index contributed by atoms with van der Waals surface area (Å²) in [6.07, 6.45) is 0.186. The lowest BCUT2D eigenvalue weighted by atomic mass is 9.90. The number of benzene rings is 1. The van der Waals surface area contributed by atoms with Gasteiger partial charge < -0.3 is 15.4 Å². The van der Waals surface area contributed by atoms with Gasteiger partial charge in [0.2, 0.25) is 11.8 Å². The molecule has 7 nitrogen and oxygen atoms in total. The topological polar surface area (TPSA) is 96.5 Å². The maximum absolute atomic E-state index is 12.9. The summed E-state index contributed by atoms with van der Waals surface area (Å²) < 4.78 is 4.96. The SMILES string of the molecule is CC(C)OC(=O)NC(=O)C1CCSC1NC(=O)C1CCNc2cc(Cl)ccc21. The van der Waals surface area contributed by atoms with Crippen LogP contribution in [0.1, 0.15) is 38.2 Å². The van der Waals surface area contributed by atoms with Crippen molar-refractivity contribution in [2.75, 3.05) is 17.6 Å². The summed E-state index contributed by atoms with van der Waals surface area (Å²) in [6.45, 7) is 4.10. The molecule has 1 saturated heterocycles. The normalized spacial score (nSPS) is 23.5. The van der Waals surface area contributed by atoms with Gasteiger partial charge in [0, 0.05) is 17.3 Å². The van der Waals surface area contributed by atoms with Gasteiger partial charge in [-0.1, -0.05) is 17.7 Å². The smallest absolute Gasteiger partial charge is 0.414 e. The van der Waals surface area contributed by atoms with Crippen LogP contribution in [-0.2, 0) is 14.3 Å². The fourth-order valence-corrected chi connectivity index (χ4v) is 4.95. The maximum Gasteiger partial charge on any atom is 0.414 e. The van der Waals surface area contributed by atoms with E-state index in [1.54, 1.807) is 19.9 Å². The first kappa shape index (κ1) is 20.8. The van der Waals surface area contributed by atoms with Gasteiger partial charge in [0.05, 0.1) is 23.3 Å². The molecule has 3 N–H and O–H groups in total.